The summed E-state index contributed by atoms with van der Waals surface area (Å²) in [6, 6.07) is 5.36. The lowest BCUT2D eigenvalue weighted by atomic mass is 10.3. The van der Waals surface area contributed by atoms with Gasteiger partial charge in [-0.3, -0.25) is 5.41 Å². The summed E-state index contributed by atoms with van der Waals surface area (Å²) in [5.41, 5.74) is 5.65. The molecule has 0 bridgehead atoms. The molecule has 0 unspecified atom stereocenters. The van der Waals surface area contributed by atoms with E-state index in [1.807, 2.05) is 6.92 Å². The third-order valence-corrected chi connectivity index (χ3v) is 2.40. The van der Waals surface area contributed by atoms with Gasteiger partial charge in [0.15, 0.2) is 0 Å². The fourth-order valence-electron chi connectivity index (χ4n) is 1.43. The van der Waals surface area contributed by atoms with Gasteiger partial charge in [0.05, 0.1) is 5.84 Å². The molecule has 0 aliphatic rings. The maximum atomic E-state index is 12.9. The average Bonchev–Trinajstić information content (AvgIpc) is 2.29. The van der Waals surface area contributed by atoms with E-state index < -0.39 is 5.82 Å². The van der Waals surface area contributed by atoms with Crippen molar-refractivity contribution >= 4 is 17.6 Å². The van der Waals surface area contributed by atoms with E-state index in [1.165, 1.54) is 23.1 Å². The van der Waals surface area contributed by atoms with Crippen molar-refractivity contribution in [3.63, 3.8) is 0 Å². The topological polar surface area (TPSA) is 82.2 Å². The van der Waals surface area contributed by atoms with Crippen LogP contribution >= 0.6 is 0 Å². The molecule has 0 radical (unpaired) electrons. The molecule has 5 nitrogen and oxygen atoms in total. The summed E-state index contributed by atoms with van der Waals surface area (Å²) in [4.78, 5) is 13.4. The molecule has 1 rings (SSSR count). The highest BCUT2D eigenvalue weighted by molar-refractivity contribution is 5.89. The first-order valence-electron chi connectivity index (χ1n) is 5.67. The number of urea groups is 1. The van der Waals surface area contributed by atoms with Gasteiger partial charge in [0.1, 0.15) is 5.82 Å². The van der Waals surface area contributed by atoms with Crippen molar-refractivity contribution in [3.05, 3.63) is 30.1 Å². The van der Waals surface area contributed by atoms with Gasteiger partial charge in [-0.25, -0.2) is 9.18 Å². The minimum atomic E-state index is -0.403. The number of anilines is 1. The van der Waals surface area contributed by atoms with Crippen LogP contribution in [-0.4, -0.2) is 29.9 Å². The first-order valence-corrected chi connectivity index (χ1v) is 5.67. The van der Waals surface area contributed by atoms with Crippen LogP contribution in [0.4, 0.5) is 14.9 Å². The summed E-state index contributed by atoms with van der Waals surface area (Å²) >= 11 is 0. The van der Waals surface area contributed by atoms with Crippen LogP contribution in [0.5, 0.6) is 0 Å². The zero-order chi connectivity index (χ0) is 13.5. The normalized spacial score (nSPS) is 9.89. The molecule has 0 heterocycles. The molecule has 1 aromatic carbocycles. The molecule has 4 N–H and O–H groups in total. The molecule has 18 heavy (non-hydrogen) atoms. The van der Waals surface area contributed by atoms with Gasteiger partial charge in [0.25, 0.3) is 0 Å². The van der Waals surface area contributed by atoms with Crippen molar-refractivity contribution in [2.75, 3.05) is 18.4 Å². The van der Waals surface area contributed by atoms with Gasteiger partial charge < -0.3 is 16.0 Å². The number of hydrogen-bond donors (Lipinski definition) is 3. The number of amidine groups is 1. The number of halogens is 1. The molecule has 98 valence electrons. The average molecular weight is 252 g/mol. The van der Waals surface area contributed by atoms with E-state index in [0.717, 1.165) is 0 Å². The van der Waals surface area contributed by atoms with Crippen LogP contribution in [0.1, 0.15) is 13.3 Å². The van der Waals surface area contributed by atoms with Gasteiger partial charge in [0.2, 0.25) is 0 Å². The maximum Gasteiger partial charge on any atom is 0.321 e. The number of nitrogens with two attached hydrogens (primary N) is 1. The number of carbonyl (C=O) groups excluding carboxylic acids is 1. The highest BCUT2D eigenvalue weighted by Gasteiger charge is 2.11. The Balaban J connectivity index is 2.59. The molecule has 0 aliphatic heterocycles. The number of rotatable bonds is 5. The number of amides is 2. The maximum absolute atomic E-state index is 12.9. The molecule has 1 aromatic rings. The van der Waals surface area contributed by atoms with Crippen LogP contribution in [-0.2, 0) is 0 Å². The van der Waals surface area contributed by atoms with Crippen molar-refractivity contribution in [1.29, 1.82) is 5.41 Å². The van der Waals surface area contributed by atoms with E-state index >= 15 is 0 Å². The molecule has 0 atom stereocenters. The summed E-state index contributed by atoms with van der Waals surface area (Å²) in [6.45, 7) is 2.69. The van der Waals surface area contributed by atoms with Gasteiger partial charge in [-0.15, -0.1) is 0 Å². The summed E-state index contributed by atoms with van der Waals surface area (Å²) in [5, 5.41) is 9.72. The fraction of sp³-hybridized carbons (Fsp3) is 0.333. The van der Waals surface area contributed by atoms with E-state index in [2.05, 4.69) is 5.32 Å². The Labute approximate surface area is 105 Å². The van der Waals surface area contributed by atoms with Crippen LogP contribution < -0.4 is 11.1 Å². The molecule has 0 aliphatic carbocycles. The zero-order valence-corrected chi connectivity index (χ0v) is 10.2. The molecule has 0 fully saturated rings. The number of benzene rings is 1. The number of nitrogens with one attached hydrogen (secondary N) is 2. The third-order valence-electron chi connectivity index (χ3n) is 2.40. The minimum Gasteiger partial charge on any atom is -0.388 e. The smallest absolute Gasteiger partial charge is 0.321 e. The van der Waals surface area contributed by atoms with Crippen LogP contribution in [0.3, 0.4) is 0 Å². The first-order chi connectivity index (χ1) is 8.52. The summed E-state index contributed by atoms with van der Waals surface area (Å²) < 4.78 is 12.9. The predicted octanol–water partition coefficient (Wildman–Crippen LogP) is 2.01. The Kier molecular flexibility index (Phi) is 5.10. The quantitative estimate of drug-likeness (QED) is 0.553. The lowest BCUT2D eigenvalue weighted by molar-refractivity contribution is 0.216. The van der Waals surface area contributed by atoms with E-state index in [4.69, 9.17) is 11.1 Å². The van der Waals surface area contributed by atoms with Crippen molar-refractivity contribution in [1.82, 2.24) is 4.90 Å². The molecule has 2 amide bonds. The summed E-state index contributed by atoms with van der Waals surface area (Å²) in [5.74, 6) is -0.369. The SMILES string of the molecule is CCN(CCC(=N)N)C(=O)Nc1cccc(F)c1. The Hall–Kier alpha value is -2.11. The Morgan fingerprint density at radius 1 is 1.56 bits per heavy atom. The Morgan fingerprint density at radius 3 is 2.83 bits per heavy atom. The van der Waals surface area contributed by atoms with Crippen LogP contribution in [0, 0.1) is 11.2 Å². The molecule has 0 saturated heterocycles. The number of hydrogen-bond acceptors (Lipinski definition) is 2. The van der Waals surface area contributed by atoms with E-state index in [1.54, 1.807) is 6.07 Å². The second-order valence-corrected chi connectivity index (χ2v) is 3.80. The lowest BCUT2D eigenvalue weighted by Gasteiger charge is -2.21. The summed E-state index contributed by atoms with van der Waals surface area (Å²) in [6.07, 6.45) is 0.324. The monoisotopic (exact) mass is 252 g/mol. The molecular weight excluding hydrogens is 235 g/mol. The Morgan fingerprint density at radius 2 is 2.28 bits per heavy atom. The van der Waals surface area contributed by atoms with E-state index in [9.17, 15) is 9.18 Å². The van der Waals surface area contributed by atoms with Crippen LogP contribution in [0.25, 0.3) is 0 Å². The molecule has 0 aromatic heterocycles. The molecule has 0 saturated carbocycles. The second kappa shape index (κ2) is 6.58. The summed E-state index contributed by atoms with van der Waals surface area (Å²) in [7, 11) is 0. The third kappa shape index (κ3) is 4.40. The van der Waals surface area contributed by atoms with Crippen molar-refractivity contribution in [3.8, 4) is 0 Å². The Bertz CT molecular complexity index is 436. The van der Waals surface area contributed by atoms with Gasteiger partial charge in [0, 0.05) is 25.2 Å². The van der Waals surface area contributed by atoms with E-state index in [0.29, 0.717) is 25.2 Å². The van der Waals surface area contributed by atoms with E-state index in [-0.39, 0.29) is 11.9 Å². The van der Waals surface area contributed by atoms with Gasteiger partial charge in [-0.1, -0.05) is 6.07 Å². The highest BCUT2D eigenvalue weighted by Crippen LogP contribution is 2.10. The second-order valence-electron chi connectivity index (χ2n) is 3.80. The highest BCUT2D eigenvalue weighted by atomic mass is 19.1. The predicted molar refractivity (Wildman–Crippen MR) is 69.2 cm³/mol. The minimum absolute atomic E-state index is 0.0343. The van der Waals surface area contributed by atoms with Crippen molar-refractivity contribution < 1.29 is 9.18 Å². The number of carbonyl (C=O) groups is 1. The standard InChI is InChI=1S/C12H17FN4O/c1-2-17(7-6-11(14)15)12(18)16-10-5-3-4-9(13)8-10/h3-5,8H,2,6-7H2,1H3,(H3,14,15)(H,16,18). The van der Waals surface area contributed by atoms with Crippen LogP contribution in [0.2, 0.25) is 0 Å². The largest absolute Gasteiger partial charge is 0.388 e. The van der Waals surface area contributed by atoms with Crippen LogP contribution in [0.15, 0.2) is 24.3 Å². The van der Waals surface area contributed by atoms with Gasteiger partial charge in [-0.05, 0) is 25.1 Å². The zero-order valence-electron chi connectivity index (χ0n) is 10.2. The number of nitrogens with zero attached hydrogens (tertiary/aromatic N) is 1. The lowest BCUT2D eigenvalue weighted by Crippen LogP contribution is -2.37. The molecule has 0 spiro atoms. The first kappa shape index (κ1) is 14.0. The van der Waals surface area contributed by atoms with Gasteiger partial charge >= 0.3 is 6.03 Å². The van der Waals surface area contributed by atoms with Crippen molar-refractivity contribution in [2.24, 2.45) is 5.73 Å². The van der Waals surface area contributed by atoms with Gasteiger partial charge in [-0.2, -0.15) is 0 Å². The molecule has 6 heteroatoms. The molecular formula is C12H17FN4O. The van der Waals surface area contributed by atoms with Crippen molar-refractivity contribution in [2.45, 2.75) is 13.3 Å². The fourth-order valence-corrected chi connectivity index (χ4v) is 1.43.